The molecule has 1 saturated heterocycles. The molecule has 3 aliphatic carbocycles. The normalized spacial score (nSPS) is 38.9. The van der Waals surface area contributed by atoms with Crippen LogP contribution >= 0.6 is 0 Å². The van der Waals surface area contributed by atoms with Gasteiger partial charge in [-0.15, -0.1) is 0 Å². The predicted octanol–water partition coefficient (Wildman–Crippen LogP) is 4.08. The Morgan fingerprint density at radius 3 is 2.59 bits per heavy atom. The summed E-state index contributed by atoms with van der Waals surface area (Å²) < 4.78 is 40.7. The number of halogens is 3. The van der Waals surface area contributed by atoms with Crippen LogP contribution in [0, 0.1) is 28.1 Å². The van der Waals surface area contributed by atoms with E-state index in [9.17, 15) is 23.2 Å². The average Bonchev–Trinajstić information content (AvgIpc) is 3.27. The van der Waals surface area contributed by atoms with Gasteiger partial charge < -0.3 is 4.90 Å². The van der Waals surface area contributed by atoms with E-state index in [1.807, 2.05) is 0 Å². The van der Waals surface area contributed by atoms with Crippen LogP contribution in [0.1, 0.15) is 67.7 Å². The molecule has 1 unspecified atom stereocenters. The standard InChI is InChI=1S/C20H20F3N3O/c1-11-9-26(16-13-8-25-7-12(6-24)15(13)14(11)16)17(27)18-2-4-19(10-18,5-3-18)20(21,22)23/h7-8,11,14,16H,2-5,9-10H2,1H3/t11-,14?,16+,18?,19?/m0/s1. The van der Waals surface area contributed by atoms with Crippen molar-refractivity contribution in [1.29, 1.82) is 5.26 Å². The molecule has 4 nitrogen and oxygen atoms in total. The lowest BCUT2D eigenvalue weighted by Crippen LogP contribution is -2.44. The van der Waals surface area contributed by atoms with Gasteiger partial charge in [-0.05, 0) is 49.1 Å². The zero-order chi connectivity index (χ0) is 19.2. The third kappa shape index (κ3) is 1.94. The first kappa shape index (κ1) is 17.0. The van der Waals surface area contributed by atoms with Crippen LogP contribution in [-0.4, -0.2) is 28.5 Å². The minimum absolute atomic E-state index is 0.0616. The summed E-state index contributed by atoms with van der Waals surface area (Å²) in [6.07, 6.45) is -0.247. The molecule has 1 aromatic rings. The number of nitriles is 1. The lowest BCUT2D eigenvalue weighted by Gasteiger charge is -2.42. The van der Waals surface area contributed by atoms with Crippen molar-refractivity contribution in [3.05, 3.63) is 29.1 Å². The summed E-state index contributed by atoms with van der Waals surface area (Å²) in [5, 5.41) is 9.34. The van der Waals surface area contributed by atoms with Gasteiger partial charge in [-0.3, -0.25) is 9.78 Å². The summed E-state index contributed by atoms with van der Waals surface area (Å²) in [5.41, 5.74) is -0.113. The van der Waals surface area contributed by atoms with Gasteiger partial charge >= 0.3 is 6.18 Å². The van der Waals surface area contributed by atoms with E-state index < -0.39 is 17.0 Å². The molecule has 1 amide bonds. The number of fused-ring (bicyclic) bond motifs is 6. The number of hydrogen-bond acceptors (Lipinski definition) is 3. The number of pyridine rings is 1. The quantitative estimate of drug-likeness (QED) is 0.743. The summed E-state index contributed by atoms with van der Waals surface area (Å²) in [5.74, 6) is 0.166. The van der Waals surface area contributed by atoms with Crippen LogP contribution in [0.4, 0.5) is 13.2 Å². The molecule has 0 spiro atoms. The number of aromatic nitrogens is 1. The zero-order valence-electron chi connectivity index (χ0n) is 15.0. The van der Waals surface area contributed by atoms with E-state index in [0.717, 1.165) is 11.1 Å². The highest BCUT2D eigenvalue weighted by Gasteiger charge is 2.69. The monoisotopic (exact) mass is 375 g/mol. The van der Waals surface area contributed by atoms with E-state index in [1.54, 1.807) is 17.3 Å². The number of alkyl halides is 3. The Labute approximate surface area is 155 Å². The highest BCUT2D eigenvalue weighted by Crippen LogP contribution is 2.69. The fourth-order valence-corrected chi connectivity index (χ4v) is 6.33. The number of amides is 1. The number of nitrogens with zero attached hydrogens (tertiary/aromatic N) is 3. The van der Waals surface area contributed by atoms with Crippen molar-refractivity contribution < 1.29 is 18.0 Å². The van der Waals surface area contributed by atoms with Crippen molar-refractivity contribution in [3.63, 3.8) is 0 Å². The number of carbonyl (C=O) groups excluding carboxylic acids is 1. The number of hydrogen-bond donors (Lipinski definition) is 0. The number of carbonyl (C=O) groups is 1. The molecule has 3 atom stereocenters. The number of likely N-dealkylation sites (tertiary alicyclic amines) is 1. The lowest BCUT2D eigenvalue weighted by atomic mass is 9.68. The van der Waals surface area contributed by atoms with Gasteiger partial charge in [-0.1, -0.05) is 6.92 Å². The second-order valence-electron chi connectivity index (χ2n) is 8.94. The highest BCUT2D eigenvalue weighted by molar-refractivity contribution is 5.85. The van der Waals surface area contributed by atoms with Crippen molar-refractivity contribution in [3.8, 4) is 6.07 Å². The maximum atomic E-state index is 13.6. The fraction of sp³-hybridized carbons (Fsp3) is 0.650. The minimum Gasteiger partial charge on any atom is -0.334 e. The van der Waals surface area contributed by atoms with Crippen LogP contribution in [0.15, 0.2) is 12.4 Å². The van der Waals surface area contributed by atoms with Crippen molar-refractivity contribution in [2.75, 3.05) is 6.54 Å². The van der Waals surface area contributed by atoms with Gasteiger partial charge in [0.05, 0.1) is 22.4 Å². The van der Waals surface area contributed by atoms with Gasteiger partial charge in [0.15, 0.2) is 0 Å². The van der Waals surface area contributed by atoms with Gasteiger partial charge in [0.25, 0.3) is 0 Å². The molecule has 0 aromatic carbocycles. The maximum absolute atomic E-state index is 13.6. The molecule has 3 fully saturated rings. The molecular formula is C20H20F3N3O. The minimum atomic E-state index is -4.24. The van der Waals surface area contributed by atoms with E-state index >= 15 is 0 Å². The van der Waals surface area contributed by atoms with Crippen LogP contribution in [-0.2, 0) is 4.79 Å². The van der Waals surface area contributed by atoms with Crippen molar-refractivity contribution in [1.82, 2.24) is 9.88 Å². The smallest absolute Gasteiger partial charge is 0.334 e. The van der Waals surface area contributed by atoms with Crippen LogP contribution < -0.4 is 0 Å². The van der Waals surface area contributed by atoms with Gasteiger partial charge in [-0.25, -0.2) is 0 Å². The molecule has 27 heavy (non-hydrogen) atoms. The predicted molar refractivity (Wildman–Crippen MR) is 89.3 cm³/mol. The summed E-state index contributed by atoms with van der Waals surface area (Å²) in [7, 11) is 0. The second kappa shape index (κ2) is 5.03. The Hall–Kier alpha value is -2.10. The summed E-state index contributed by atoms with van der Waals surface area (Å²) in [4.78, 5) is 19.4. The molecule has 2 saturated carbocycles. The van der Waals surface area contributed by atoms with Crippen molar-refractivity contribution in [2.45, 2.75) is 57.2 Å². The topological polar surface area (TPSA) is 57.0 Å². The first-order chi connectivity index (χ1) is 12.7. The summed E-state index contributed by atoms with van der Waals surface area (Å²) in [6.45, 7) is 2.59. The molecule has 5 rings (SSSR count). The summed E-state index contributed by atoms with van der Waals surface area (Å²) in [6, 6.07) is 2.04. The molecule has 1 aromatic heterocycles. The van der Waals surface area contributed by atoms with Gasteiger partial charge in [0.1, 0.15) is 6.07 Å². The molecule has 0 N–H and O–H groups in total. The van der Waals surface area contributed by atoms with Crippen molar-refractivity contribution >= 4 is 5.91 Å². The Balaban J connectivity index is 1.47. The third-order valence-electron chi connectivity index (χ3n) is 7.72. The van der Waals surface area contributed by atoms with Gasteiger partial charge in [0.2, 0.25) is 5.91 Å². The summed E-state index contributed by atoms with van der Waals surface area (Å²) >= 11 is 0. The van der Waals surface area contributed by atoms with Crippen LogP contribution in [0.2, 0.25) is 0 Å². The average molecular weight is 375 g/mol. The van der Waals surface area contributed by atoms with E-state index in [-0.39, 0.29) is 43.0 Å². The molecule has 0 radical (unpaired) electrons. The van der Waals surface area contributed by atoms with Gasteiger partial charge in [-0.2, -0.15) is 18.4 Å². The van der Waals surface area contributed by atoms with E-state index in [0.29, 0.717) is 24.9 Å². The van der Waals surface area contributed by atoms with Crippen LogP contribution in [0.5, 0.6) is 0 Å². The second-order valence-corrected chi connectivity index (χ2v) is 8.94. The Bertz CT molecular complexity index is 879. The first-order valence-electron chi connectivity index (χ1n) is 9.49. The highest BCUT2D eigenvalue weighted by atomic mass is 19.4. The van der Waals surface area contributed by atoms with Gasteiger partial charge in [0, 0.05) is 24.9 Å². The maximum Gasteiger partial charge on any atom is 0.394 e. The zero-order valence-corrected chi connectivity index (χ0v) is 15.0. The third-order valence-corrected chi connectivity index (χ3v) is 7.72. The molecule has 7 heteroatoms. The number of rotatable bonds is 1. The Morgan fingerprint density at radius 2 is 2.00 bits per heavy atom. The molecule has 4 aliphatic rings. The van der Waals surface area contributed by atoms with Crippen LogP contribution in [0.25, 0.3) is 0 Å². The Morgan fingerprint density at radius 1 is 1.30 bits per heavy atom. The molecule has 2 bridgehead atoms. The largest absolute Gasteiger partial charge is 0.394 e. The lowest BCUT2D eigenvalue weighted by molar-refractivity contribution is -0.220. The molecule has 142 valence electrons. The molecule has 2 heterocycles. The van der Waals surface area contributed by atoms with E-state index in [2.05, 4.69) is 18.0 Å². The Kier molecular flexibility index (Phi) is 3.17. The molecular weight excluding hydrogens is 355 g/mol. The van der Waals surface area contributed by atoms with Crippen molar-refractivity contribution in [2.24, 2.45) is 16.7 Å². The molecule has 1 aliphatic heterocycles. The van der Waals surface area contributed by atoms with Crippen LogP contribution in [0.3, 0.4) is 0 Å². The fourth-order valence-electron chi connectivity index (χ4n) is 6.33. The van der Waals surface area contributed by atoms with E-state index in [4.69, 9.17) is 0 Å². The SMILES string of the molecule is C[C@H]1CN(C(=O)C23CCC(C(F)(F)F)(CC2)C3)[C@@H]2c3cncc(C#N)c3C21. The van der Waals surface area contributed by atoms with E-state index in [1.165, 1.54) is 0 Å². The first-order valence-corrected chi connectivity index (χ1v) is 9.49.